The van der Waals surface area contributed by atoms with Crippen LogP contribution in [0, 0.1) is 39.9 Å². The summed E-state index contributed by atoms with van der Waals surface area (Å²) in [5, 5.41) is 0. The molecule has 2 nitrogen and oxygen atoms in total. The molecule has 0 aliphatic heterocycles. The molecule has 0 rings (SSSR count). The molecule has 0 spiro atoms. The summed E-state index contributed by atoms with van der Waals surface area (Å²) in [5.74, 6) is 2.83. The summed E-state index contributed by atoms with van der Waals surface area (Å²) in [6, 6.07) is 0. The molecule has 0 unspecified atom stereocenters. The summed E-state index contributed by atoms with van der Waals surface area (Å²) in [6.45, 7) is 40.3. The molecule has 0 aliphatic rings. The van der Waals surface area contributed by atoms with Crippen LogP contribution < -0.4 is 0 Å². The van der Waals surface area contributed by atoms with Crippen LogP contribution in [0.5, 0.6) is 0 Å². The van der Waals surface area contributed by atoms with Crippen LogP contribution in [0.3, 0.4) is 0 Å². The summed E-state index contributed by atoms with van der Waals surface area (Å²) < 4.78 is 11.0. The van der Waals surface area contributed by atoms with Gasteiger partial charge in [0.2, 0.25) is 0 Å². The van der Waals surface area contributed by atoms with Gasteiger partial charge in [-0.3, -0.25) is 0 Å². The molecule has 5 atom stereocenters. The highest BCUT2D eigenvalue weighted by Gasteiger charge is 2.26. The van der Waals surface area contributed by atoms with Crippen molar-refractivity contribution in [3.63, 3.8) is 0 Å². The van der Waals surface area contributed by atoms with Gasteiger partial charge >= 0.3 is 0 Å². The van der Waals surface area contributed by atoms with Gasteiger partial charge in [0.15, 0.2) is 0 Å². The summed E-state index contributed by atoms with van der Waals surface area (Å²) in [7, 11) is 1.77. The Hall–Kier alpha value is -0.0800. The molecule has 2 heteroatoms. The predicted molar refractivity (Wildman–Crippen MR) is 143 cm³/mol. The Balaban J connectivity index is -0.000000384. The summed E-state index contributed by atoms with van der Waals surface area (Å²) in [5.41, 5.74) is 1.18. The van der Waals surface area contributed by atoms with E-state index in [9.17, 15) is 0 Å². The second-order valence-electron chi connectivity index (χ2n) is 13.5. The van der Waals surface area contributed by atoms with Gasteiger partial charge in [-0.05, 0) is 67.6 Å². The lowest BCUT2D eigenvalue weighted by Gasteiger charge is -2.33. The van der Waals surface area contributed by atoms with Crippen molar-refractivity contribution in [2.75, 3.05) is 7.11 Å². The molecular weight excluding hydrogens is 380 g/mol. The van der Waals surface area contributed by atoms with Crippen LogP contribution in [0.15, 0.2) is 0 Å². The molecule has 0 saturated heterocycles. The van der Waals surface area contributed by atoms with Crippen LogP contribution in [0.1, 0.15) is 125 Å². The third-order valence-electron chi connectivity index (χ3n) is 7.36. The first-order valence-corrected chi connectivity index (χ1v) is 12.7. The van der Waals surface area contributed by atoms with Crippen molar-refractivity contribution >= 4 is 0 Å². The van der Waals surface area contributed by atoms with E-state index in [4.69, 9.17) is 9.47 Å². The maximum Gasteiger partial charge on any atom is 0.0580 e. The number of rotatable bonds is 6. The fourth-order valence-corrected chi connectivity index (χ4v) is 3.16. The van der Waals surface area contributed by atoms with Crippen LogP contribution >= 0.6 is 0 Å². The summed E-state index contributed by atoms with van der Waals surface area (Å²) in [6.07, 6.45) is 1.05. The Labute approximate surface area is 199 Å². The highest BCUT2D eigenvalue weighted by Crippen LogP contribution is 2.31. The Morgan fingerprint density at radius 1 is 0.452 bits per heavy atom. The highest BCUT2D eigenvalue weighted by atomic mass is 16.5. The lowest BCUT2D eigenvalue weighted by atomic mass is 9.76. The molecule has 0 aromatic carbocycles. The molecule has 0 fully saturated rings. The first kappa shape index (κ1) is 35.5. The first-order valence-electron chi connectivity index (χ1n) is 12.7. The van der Waals surface area contributed by atoms with E-state index in [1.165, 1.54) is 0 Å². The van der Waals surface area contributed by atoms with Crippen LogP contribution in [0.25, 0.3) is 0 Å². The molecule has 31 heavy (non-hydrogen) atoms. The second-order valence-corrected chi connectivity index (χ2v) is 13.5. The molecule has 0 N–H and O–H groups in total. The van der Waals surface area contributed by atoms with Gasteiger partial charge in [-0.15, -0.1) is 0 Å². The summed E-state index contributed by atoms with van der Waals surface area (Å²) >= 11 is 0. The Morgan fingerprint density at radius 3 is 0.871 bits per heavy atom. The fourth-order valence-electron chi connectivity index (χ4n) is 3.16. The average Bonchev–Trinajstić information content (AvgIpc) is 2.56. The van der Waals surface area contributed by atoms with E-state index in [-0.39, 0.29) is 0 Å². The Morgan fingerprint density at radius 2 is 0.742 bits per heavy atom. The van der Waals surface area contributed by atoms with Crippen molar-refractivity contribution in [1.82, 2.24) is 0 Å². The molecule has 0 radical (unpaired) electrons. The van der Waals surface area contributed by atoms with Crippen molar-refractivity contribution in [1.29, 1.82) is 0 Å². The van der Waals surface area contributed by atoms with Crippen molar-refractivity contribution in [2.45, 2.75) is 143 Å². The van der Waals surface area contributed by atoms with E-state index in [1.54, 1.807) is 7.11 Å². The smallest absolute Gasteiger partial charge is 0.0580 e. The molecule has 0 heterocycles. The normalized spacial score (nSPS) is 17.7. The third kappa shape index (κ3) is 18.1. The number of hydrogen-bond donors (Lipinski definition) is 0. The molecule has 0 saturated carbocycles. The predicted octanol–water partition coefficient (Wildman–Crippen LogP) is 9.51. The zero-order chi connectivity index (χ0) is 26.0. The topological polar surface area (TPSA) is 18.5 Å². The van der Waals surface area contributed by atoms with Crippen molar-refractivity contribution < 1.29 is 9.47 Å². The summed E-state index contributed by atoms with van der Waals surface area (Å²) in [4.78, 5) is 0. The quantitative estimate of drug-likeness (QED) is 0.406. The maximum absolute atomic E-state index is 5.74. The first-order chi connectivity index (χ1) is 13.5. The largest absolute Gasteiger partial charge is 0.381 e. The molecule has 0 aliphatic carbocycles. The van der Waals surface area contributed by atoms with Gasteiger partial charge in [0.05, 0.1) is 18.3 Å². The minimum atomic E-state index is 0.338. The Bertz CT molecular complexity index is 417. The Kier molecular flexibility index (Phi) is 17.1. The second kappa shape index (κ2) is 14.9. The SMILES string of the molecule is CC(C)O[C@@H](C)[C@H](C)C(C)(C)C.CC(C)[C@H](C)C(C)(C)C.CO[C@H](C)[C@H](C)C(C)(C)C. The minimum absolute atomic E-state index is 0.338. The van der Waals surface area contributed by atoms with Crippen LogP contribution in [-0.4, -0.2) is 25.4 Å². The molecular formula is C29H64O2. The van der Waals surface area contributed by atoms with Crippen molar-refractivity contribution in [3.8, 4) is 0 Å². The van der Waals surface area contributed by atoms with E-state index in [0.717, 1.165) is 11.8 Å². The lowest BCUT2D eigenvalue weighted by Crippen LogP contribution is -2.31. The van der Waals surface area contributed by atoms with E-state index in [2.05, 4.69) is 125 Å². The number of hydrogen-bond acceptors (Lipinski definition) is 2. The van der Waals surface area contributed by atoms with Gasteiger partial charge in [0.25, 0.3) is 0 Å². The maximum atomic E-state index is 5.74. The van der Waals surface area contributed by atoms with Gasteiger partial charge in [0, 0.05) is 7.11 Å². The van der Waals surface area contributed by atoms with E-state index < -0.39 is 0 Å². The molecule has 192 valence electrons. The van der Waals surface area contributed by atoms with Crippen molar-refractivity contribution in [2.24, 2.45) is 39.9 Å². The molecule has 0 aromatic heterocycles. The fraction of sp³-hybridized carbons (Fsp3) is 1.00. The van der Waals surface area contributed by atoms with Gasteiger partial charge in [-0.2, -0.15) is 0 Å². The van der Waals surface area contributed by atoms with Crippen molar-refractivity contribution in [3.05, 3.63) is 0 Å². The van der Waals surface area contributed by atoms with Crippen LogP contribution in [0.4, 0.5) is 0 Å². The molecule has 0 bridgehead atoms. The van der Waals surface area contributed by atoms with E-state index in [1.807, 2.05) is 0 Å². The van der Waals surface area contributed by atoms with Gasteiger partial charge in [0.1, 0.15) is 0 Å². The zero-order valence-electron chi connectivity index (χ0n) is 25.4. The lowest BCUT2D eigenvalue weighted by molar-refractivity contribution is -0.0383. The highest BCUT2D eigenvalue weighted by molar-refractivity contribution is 4.76. The third-order valence-corrected chi connectivity index (χ3v) is 7.36. The minimum Gasteiger partial charge on any atom is -0.381 e. The number of methoxy groups -OCH3 is 1. The molecule has 0 aromatic rings. The monoisotopic (exact) mass is 444 g/mol. The zero-order valence-corrected chi connectivity index (χ0v) is 25.4. The van der Waals surface area contributed by atoms with E-state index >= 15 is 0 Å². The number of ether oxygens (including phenoxy) is 2. The standard InChI is InChI=1S/C11H24O.C9H20O.C9H20/c1-8(2)12-10(4)9(3)11(5,6)7;1-7(8(2)10-6)9(3,4)5;1-7(2)8(3)9(4,5)6/h8-10H,1-7H3;7-8H,1-6H3;7-8H,1-6H3/t9-,10-;7-,8+;8-/m000/s1. The molecule has 0 amide bonds. The van der Waals surface area contributed by atoms with Crippen LogP contribution in [-0.2, 0) is 9.47 Å². The van der Waals surface area contributed by atoms with Crippen LogP contribution in [0.2, 0.25) is 0 Å². The average molecular weight is 445 g/mol. The van der Waals surface area contributed by atoms with Gasteiger partial charge < -0.3 is 9.47 Å². The van der Waals surface area contributed by atoms with Gasteiger partial charge in [-0.25, -0.2) is 0 Å². The van der Waals surface area contributed by atoms with Gasteiger partial charge in [-0.1, -0.05) is 96.9 Å². The van der Waals surface area contributed by atoms with E-state index in [0.29, 0.717) is 46.4 Å².